The zero-order valence-electron chi connectivity index (χ0n) is 7.07. The zero-order valence-corrected chi connectivity index (χ0v) is 9.17. The molecule has 0 fully saturated rings. The Kier molecular flexibility index (Phi) is 5.66. The van der Waals surface area contributed by atoms with Gasteiger partial charge in [0.25, 0.3) is 0 Å². The van der Waals surface area contributed by atoms with E-state index in [1.54, 1.807) is 0 Å². The van der Waals surface area contributed by atoms with Gasteiger partial charge in [0, 0.05) is 0 Å². The van der Waals surface area contributed by atoms with Crippen molar-refractivity contribution in [3.8, 4) is 0 Å². The molecule has 0 saturated heterocycles. The fourth-order valence-corrected chi connectivity index (χ4v) is 3.75. The topological polar surface area (TPSA) is 0 Å². The molecule has 0 nitrogen and oxygen atoms in total. The first kappa shape index (κ1) is 9.54. The van der Waals surface area contributed by atoms with Crippen LogP contribution < -0.4 is 0 Å². The summed E-state index contributed by atoms with van der Waals surface area (Å²) < 4.78 is 2.11. The monoisotopic (exact) mass is 188 g/mol. The van der Waals surface area contributed by atoms with Crippen LogP contribution in [0.25, 0.3) is 0 Å². The molecular formula is C8H18Ge. The van der Waals surface area contributed by atoms with Crippen LogP contribution in [0.5, 0.6) is 0 Å². The summed E-state index contributed by atoms with van der Waals surface area (Å²) in [5.41, 5.74) is 0. The second-order valence-electron chi connectivity index (χ2n) is 2.79. The van der Waals surface area contributed by atoms with Crippen molar-refractivity contribution in [2.24, 2.45) is 0 Å². The predicted octanol–water partition coefficient (Wildman–Crippen LogP) is 3.13. The van der Waals surface area contributed by atoms with E-state index in [-0.39, 0.29) is 0 Å². The van der Waals surface area contributed by atoms with Gasteiger partial charge >= 0.3 is 65.5 Å². The molecule has 0 bridgehead atoms. The zero-order chi connectivity index (χ0) is 7.28. The van der Waals surface area contributed by atoms with Gasteiger partial charge in [-0.15, -0.1) is 0 Å². The second kappa shape index (κ2) is 5.34. The Morgan fingerprint density at radius 3 is 1.56 bits per heavy atom. The van der Waals surface area contributed by atoms with Crippen LogP contribution in [0.4, 0.5) is 0 Å². The number of hydrogen-bond acceptors (Lipinski definition) is 0. The van der Waals surface area contributed by atoms with Gasteiger partial charge in [0.1, 0.15) is 0 Å². The van der Waals surface area contributed by atoms with E-state index in [0.717, 1.165) is 9.50 Å². The van der Waals surface area contributed by atoms with Gasteiger partial charge in [0.15, 0.2) is 0 Å². The van der Waals surface area contributed by atoms with Gasteiger partial charge in [-0.25, -0.2) is 0 Å². The Balaban J connectivity index is 3.22. The van der Waals surface area contributed by atoms with Gasteiger partial charge in [-0.3, -0.25) is 0 Å². The first-order valence-corrected chi connectivity index (χ1v) is 6.39. The van der Waals surface area contributed by atoms with Gasteiger partial charge < -0.3 is 0 Å². The van der Waals surface area contributed by atoms with Crippen molar-refractivity contribution in [2.45, 2.75) is 50.0 Å². The van der Waals surface area contributed by atoms with Crippen molar-refractivity contribution < 1.29 is 0 Å². The normalized spacial score (nSPS) is 17.3. The molecule has 0 rings (SSSR count). The SMILES string of the molecule is CC[CH](C)[Ge][CH](C)CC. The molecule has 0 aromatic rings. The Morgan fingerprint density at radius 2 is 1.33 bits per heavy atom. The Hall–Kier alpha value is 0.543. The van der Waals surface area contributed by atoms with E-state index >= 15 is 0 Å². The van der Waals surface area contributed by atoms with Crippen LogP contribution in [0.15, 0.2) is 0 Å². The van der Waals surface area contributed by atoms with Crippen LogP contribution in [0.2, 0.25) is 9.50 Å². The summed E-state index contributed by atoms with van der Waals surface area (Å²) in [5, 5.41) is 0. The minimum atomic E-state index is 0.375. The Labute approximate surface area is 65.9 Å². The van der Waals surface area contributed by atoms with Crippen LogP contribution >= 0.6 is 0 Å². The van der Waals surface area contributed by atoms with Crippen LogP contribution in [0.3, 0.4) is 0 Å². The van der Waals surface area contributed by atoms with Gasteiger partial charge in [0.05, 0.1) is 0 Å². The number of hydrogen-bond donors (Lipinski definition) is 0. The molecule has 0 amide bonds. The molecular weight excluding hydrogens is 169 g/mol. The average Bonchev–Trinajstić information content (AvgIpc) is 1.87. The fraction of sp³-hybridized carbons (Fsp3) is 1.00. The van der Waals surface area contributed by atoms with Gasteiger partial charge in [0.2, 0.25) is 0 Å². The molecule has 0 heterocycles. The summed E-state index contributed by atoms with van der Waals surface area (Å²) in [6.45, 7) is 9.39. The van der Waals surface area contributed by atoms with Crippen LogP contribution in [0, 0.1) is 0 Å². The molecule has 2 unspecified atom stereocenters. The summed E-state index contributed by atoms with van der Waals surface area (Å²) in [4.78, 5) is 0. The summed E-state index contributed by atoms with van der Waals surface area (Å²) in [7, 11) is 0. The first-order chi connectivity index (χ1) is 4.20. The van der Waals surface area contributed by atoms with Crippen molar-refractivity contribution in [3.63, 3.8) is 0 Å². The van der Waals surface area contributed by atoms with Gasteiger partial charge in [-0.1, -0.05) is 0 Å². The Morgan fingerprint density at radius 1 is 1.00 bits per heavy atom. The van der Waals surface area contributed by atoms with Crippen LogP contribution in [0.1, 0.15) is 40.5 Å². The van der Waals surface area contributed by atoms with Crippen molar-refractivity contribution in [2.75, 3.05) is 0 Å². The van der Waals surface area contributed by atoms with Crippen molar-refractivity contribution >= 4 is 15.4 Å². The van der Waals surface area contributed by atoms with E-state index in [4.69, 9.17) is 0 Å². The van der Waals surface area contributed by atoms with Crippen molar-refractivity contribution in [1.29, 1.82) is 0 Å². The molecule has 0 N–H and O–H groups in total. The van der Waals surface area contributed by atoms with E-state index < -0.39 is 0 Å². The summed E-state index contributed by atoms with van der Waals surface area (Å²) in [6.07, 6.45) is 2.79. The fourth-order valence-electron chi connectivity index (χ4n) is 0.721. The van der Waals surface area contributed by atoms with Crippen molar-refractivity contribution in [3.05, 3.63) is 0 Å². The molecule has 0 spiro atoms. The van der Waals surface area contributed by atoms with Crippen molar-refractivity contribution in [1.82, 2.24) is 0 Å². The molecule has 0 saturated carbocycles. The number of rotatable bonds is 4. The average molecular weight is 187 g/mol. The van der Waals surface area contributed by atoms with Crippen LogP contribution in [-0.2, 0) is 0 Å². The molecule has 54 valence electrons. The molecule has 0 aliphatic heterocycles. The van der Waals surface area contributed by atoms with E-state index in [1.807, 2.05) is 0 Å². The first-order valence-electron chi connectivity index (χ1n) is 3.96. The van der Waals surface area contributed by atoms with Crippen LogP contribution in [-0.4, -0.2) is 15.4 Å². The second-order valence-corrected chi connectivity index (χ2v) is 7.62. The molecule has 2 radical (unpaired) electrons. The quantitative estimate of drug-likeness (QED) is 0.592. The maximum atomic E-state index is 2.40. The van der Waals surface area contributed by atoms with Gasteiger partial charge in [-0.2, -0.15) is 0 Å². The summed E-state index contributed by atoms with van der Waals surface area (Å²) >= 11 is 0.375. The summed E-state index contributed by atoms with van der Waals surface area (Å²) in [5.74, 6) is 0. The summed E-state index contributed by atoms with van der Waals surface area (Å²) in [6, 6.07) is 0. The third-order valence-corrected chi connectivity index (χ3v) is 5.89. The minimum absolute atomic E-state index is 0.375. The molecule has 9 heavy (non-hydrogen) atoms. The third-order valence-electron chi connectivity index (χ3n) is 1.79. The molecule has 0 aliphatic rings. The molecule has 0 aromatic heterocycles. The molecule has 2 atom stereocenters. The van der Waals surface area contributed by atoms with E-state index in [0.29, 0.717) is 15.4 Å². The molecule has 0 aromatic carbocycles. The van der Waals surface area contributed by atoms with Gasteiger partial charge in [-0.05, 0) is 0 Å². The maximum absolute atomic E-state index is 2.40. The predicted molar refractivity (Wildman–Crippen MR) is 45.2 cm³/mol. The van der Waals surface area contributed by atoms with E-state index in [2.05, 4.69) is 27.7 Å². The standard InChI is InChI=1S/C8H18Ge/c1-5-7(3)9-8(4)6-2/h7-8H,5-6H2,1-4H3. The van der Waals surface area contributed by atoms with E-state index in [9.17, 15) is 0 Å². The third kappa shape index (κ3) is 5.01. The van der Waals surface area contributed by atoms with E-state index in [1.165, 1.54) is 12.8 Å². The molecule has 0 aliphatic carbocycles. The molecule has 1 heteroatoms. The Bertz CT molecular complexity index is 53.6.